The van der Waals surface area contributed by atoms with Crippen molar-refractivity contribution in [3.63, 3.8) is 0 Å². The predicted octanol–water partition coefficient (Wildman–Crippen LogP) is 2.82. The zero-order chi connectivity index (χ0) is 15.5. The Hall–Kier alpha value is -2.82. The third-order valence-electron chi connectivity index (χ3n) is 3.35. The summed E-state index contributed by atoms with van der Waals surface area (Å²) in [4.78, 5) is 19.0. The van der Waals surface area contributed by atoms with Crippen LogP contribution in [0.3, 0.4) is 0 Å². The summed E-state index contributed by atoms with van der Waals surface area (Å²) in [5.41, 5.74) is 1.46. The maximum atomic E-state index is 12.0. The SMILES string of the molecule is COc1cc2c(=O)[nH]c(C)nc2cc1OCc1ccccc1. The number of aromatic nitrogens is 2. The number of ether oxygens (including phenoxy) is 2. The van der Waals surface area contributed by atoms with Gasteiger partial charge in [-0.05, 0) is 18.6 Å². The second-order valence-corrected chi connectivity index (χ2v) is 4.95. The molecule has 0 aliphatic carbocycles. The van der Waals surface area contributed by atoms with Crippen LogP contribution in [0.2, 0.25) is 0 Å². The average molecular weight is 296 g/mol. The van der Waals surface area contributed by atoms with Crippen molar-refractivity contribution in [1.82, 2.24) is 9.97 Å². The Balaban J connectivity index is 1.99. The van der Waals surface area contributed by atoms with E-state index in [0.29, 0.717) is 34.8 Å². The minimum Gasteiger partial charge on any atom is -0.493 e. The molecule has 0 bridgehead atoms. The molecule has 0 atom stereocenters. The van der Waals surface area contributed by atoms with Gasteiger partial charge in [0.25, 0.3) is 5.56 Å². The summed E-state index contributed by atoms with van der Waals surface area (Å²) in [6, 6.07) is 13.2. The highest BCUT2D eigenvalue weighted by Gasteiger charge is 2.11. The third kappa shape index (κ3) is 2.79. The topological polar surface area (TPSA) is 64.2 Å². The van der Waals surface area contributed by atoms with Crippen LogP contribution >= 0.6 is 0 Å². The first-order valence-corrected chi connectivity index (χ1v) is 6.93. The van der Waals surface area contributed by atoms with Crippen molar-refractivity contribution in [1.29, 1.82) is 0 Å². The summed E-state index contributed by atoms with van der Waals surface area (Å²) in [5.74, 6) is 1.65. The molecule has 0 saturated heterocycles. The Morgan fingerprint density at radius 3 is 2.64 bits per heavy atom. The van der Waals surface area contributed by atoms with Crippen LogP contribution in [0.15, 0.2) is 47.3 Å². The van der Waals surface area contributed by atoms with Gasteiger partial charge in [0.1, 0.15) is 12.4 Å². The summed E-state index contributed by atoms with van der Waals surface area (Å²) in [6.07, 6.45) is 0. The lowest BCUT2D eigenvalue weighted by Gasteiger charge is -2.12. The monoisotopic (exact) mass is 296 g/mol. The van der Waals surface area contributed by atoms with E-state index >= 15 is 0 Å². The second kappa shape index (κ2) is 5.89. The molecule has 0 unspecified atom stereocenters. The van der Waals surface area contributed by atoms with Gasteiger partial charge in [0.15, 0.2) is 11.5 Å². The molecule has 112 valence electrons. The van der Waals surface area contributed by atoms with Gasteiger partial charge in [0.2, 0.25) is 0 Å². The Morgan fingerprint density at radius 1 is 1.14 bits per heavy atom. The fraction of sp³-hybridized carbons (Fsp3) is 0.176. The van der Waals surface area contributed by atoms with Crippen molar-refractivity contribution in [2.75, 3.05) is 7.11 Å². The number of hydrogen-bond acceptors (Lipinski definition) is 4. The van der Waals surface area contributed by atoms with Crippen molar-refractivity contribution in [3.8, 4) is 11.5 Å². The quantitative estimate of drug-likeness (QED) is 0.804. The van der Waals surface area contributed by atoms with Crippen molar-refractivity contribution in [3.05, 3.63) is 64.2 Å². The Kier molecular flexibility index (Phi) is 3.78. The number of aryl methyl sites for hydroxylation is 1. The van der Waals surface area contributed by atoms with Gasteiger partial charge in [0.05, 0.1) is 18.0 Å². The minimum atomic E-state index is -0.185. The molecule has 5 heteroatoms. The molecule has 1 aromatic heterocycles. The van der Waals surface area contributed by atoms with Gasteiger partial charge in [-0.3, -0.25) is 4.79 Å². The molecule has 5 nitrogen and oxygen atoms in total. The van der Waals surface area contributed by atoms with Gasteiger partial charge in [-0.15, -0.1) is 0 Å². The summed E-state index contributed by atoms with van der Waals surface area (Å²) in [7, 11) is 1.55. The molecular formula is C17H16N2O3. The maximum Gasteiger partial charge on any atom is 0.258 e. The van der Waals surface area contributed by atoms with Gasteiger partial charge >= 0.3 is 0 Å². The number of nitrogens with one attached hydrogen (secondary N) is 1. The number of nitrogens with zero attached hydrogens (tertiary/aromatic N) is 1. The van der Waals surface area contributed by atoms with E-state index in [2.05, 4.69) is 9.97 Å². The van der Waals surface area contributed by atoms with Crippen molar-refractivity contribution >= 4 is 10.9 Å². The number of methoxy groups -OCH3 is 1. The smallest absolute Gasteiger partial charge is 0.258 e. The summed E-state index contributed by atoms with van der Waals surface area (Å²) >= 11 is 0. The van der Waals surface area contributed by atoms with Crippen LogP contribution < -0.4 is 15.0 Å². The van der Waals surface area contributed by atoms with Crippen molar-refractivity contribution < 1.29 is 9.47 Å². The van der Waals surface area contributed by atoms with E-state index in [-0.39, 0.29) is 5.56 Å². The zero-order valence-corrected chi connectivity index (χ0v) is 12.4. The van der Waals surface area contributed by atoms with Crippen molar-refractivity contribution in [2.45, 2.75) is 13.5 Å². The molecular weight excluding hydrogens is 280 g/mol. The van der Waals surface area contributed by atoms with Crippen LogP contribution in [0.25, 0.3) is 10.9 Å². The van der Waals surface area contributed by atoms with Crippen LogP contribution in [0.5, 0.6) is 11.5 Å². The molecule has 1 heterocycles. The first-order valence-electron chi connectivity index (χ1n) is 6.93. The first-order chi connectivity index (χ1) is 10.7. The predicted molar refractivity (Wildman–Crippen MR) is 84.4 cm³/mol. The normalized spacial score (nSPS) is 10.6. The average Bonchev–Trinajstić information content (AvgIpc) is 2.53. The number of H-pyrrole nitrogens is 1. The molecule has 1 N–H and O–H groups in total. The van der Waals surface area contributed by atoms with E-state index in [1.165, 1.54) is 0 Å². The highest BCUT2D eigenvalue weighted by molar-refractivity contribution is 5.81. The Morgan fingerprint density at radius 2 is 1.91 bits per heavy atom. The van der Waals surface area contributed by atoms with E-state index in [1.807, 2.05) is 30.3 Å². The molecule has 2 aromatic carbocycles. The van der Waals surface area contributed by atoms with Crippen LogP contribution in [-0.2, 0) is 6.61 Å². The molecule has 0 amide bonds. The van der Waals surface area contributed by atoms with Crippen LogP contribution in [0.4, 0.5) is 0 Å². The summed E-state index contributed by atoms with van der Waals surface area (Å²) in [6.45, 7) is 2.17. The Bertz CT molecular complexity index is 857. The highest BCUT2D eigenvalue weighted by atomic mass is 16.5. The van der Waals surface area contributed by atoms with E-state index in [4.69, 9.17) is 9.47 Å². The third-order valence-corrected chi connectivity index (χ3v) is 3.35. The van der Waals surface area contributed by atoms with E-state index in [9.17, 15) is 4.79 Å². The van der Waals surface area contributed by atoms with Crippen molar-refractivity contribution in [2.24, 2.45) is 0 Å². The van der Waals surface area contributed by atoms with E-state index in [1.54, 1.807) is 26.2 Å². The van der Waals surface area contributed by atoms with Crippen LogP contribution in [0.1, 0.15) is 11.4 Å². The minimum absolute atomic E-state index is 0.185. The first kappa shape index (κ1) is 14.1. The van der Waals surface area contributed by atoms with Gasteiger partial charge in [-0.25, -0.2) is 4.98 Å². The maximum absolute atomic E-state index is 12.0. The fourth-order valence-electron chi connectivity index (χ4n) is 2.27. The van der Waals surface area contributed by atoms with Gasteiger partial charge in [-0.2, -0.15) is 0 Å². The molecule has 0 fully saturated rings. The number of benzene rings is 2. The number of rotatable bonds is 4. The van der Waals surface area contributed by atoms with Crippen LogP contribution in [-0.4, -0.2) is 17.1 Å². The molecule has 0 radical (unpaired) electrons. The molecule has 3 aromatic rings. The summed E-state index contributed by atoms with van der Waals surface area (Å²) in [5, 5.41) is 0.481. The largest absolute Gasteiger partial charge is 0.493 e. The lowest BCUT2D eigenvalue weighted by atomic mass is 10.2. The highest BCUT2D eigenvalue weighted by Crippen LogP contribution is 2.31. The molecule has 0 saturated carbocycles. The fourth-order valence-corrected chi connectivity index (χ4v) is 2.27. The van der Waals surface area contributed by atoms with Crippen LogP contribution in [0, 0.1) is 6.92 Å². The number of fused-ring (bicyclic) bond motifs is 1. The molecule has 0 aliphatic heterocycles. The molecule has 0 spiro atoms. The van der Waals surface area contributed by atoms with E-state index in [0.717, 1.165) is 5.56 Å². The van der Waals surface area contributed by atoms with Gasteiger partial charge in [-0.1, -0.05) is 30.3 Å². The molecule has 22 heavy (non-hydrogen) atoms. The molecule has 3 rings (SSSR count). The van der Waals surface area contributed by atoms with Gasteiger partial charge < -0.3 is 14.5 Å². The molecule has 0 aliphatic rings. The number of aromatic amines is 1. The lowest BCUT2D eigenvalue weighted by Crippen LogP contribution is -2.10. The zero-order valence-electron chi connectivity index (χ0n) is 12.4. The standard InChI is InChI=1S/C17H16N2O3/c1-11-18-14-9-16(22-10-12-6-4-3-5-7-12)15(21-2)8-13(14)17(20)19-11/h3-9H,10H2,1-2H3,(H,18,19,20). The van der Waals surface area contributed by atoms with Gasteiger partial charge in [0, 0.05) is 6.07 Å². The number of hydrogen-bond donors (Lipinski definition) is 1. The lowest BCUT2D eigenvalue weighted by molar-refractivity contribution is 0.285. The summed E-state index contributed by atoms with van der Waals surface area (Å²) < 4.78 is 11.1. The Labute approximate surface area is 127 Å². The second-order valence-electron chi connectivity index (χ2n) is 4.95. The van der Waals surface area contributed by atoms with E-state index < -0.39 is 0 Å².